The average molecular weight is 398 g/mol. The van der Waals surface area contributed by atoms with E-state index >= 15 is 0 Å². The second-order valence-electron chi connectivity index (χ2n) is 6.71. The molecule has 1 aliphatic rings. The first-order chi connectivity index (χ1) is 13.7. The fourth-order valence-corrected chi connectivity index (χ4v) is 3.68. The molecule has 1 N–H and O–H groups in total. The van der Waals surface area contributed by atoms with Crippen LogP contribution in [0.5, 0.6) is 5.75 Å². The summed E-state index contributed by atoms with van der Waals surface area (Å²) in [5.74, 6) is 1.98. The monoisotopic (exact) mass is 397 g/mol. The summed E-state index contributed by atoms with van der Waals surface area (Å²) in [6.07, 6.45) is 3.75. The summed E-state index contributed by atoms with van der Waals surface area (Å²) in [5, 5.41) is 10.6. The SMILES string of the molecule is Cc1nc(COc2ccccc2/C=C/c2nc(C3CNCCN3C)no2)cs1. The largest absolute Gasteiger partial charge is 0.487 e. The Morgan fingerprint density at radius 2 is 2.21 bits per heavy atom. The molecule has 8 heteroatoms. The van der Waals surface area contributed by atoms with E-state index in [0.717, 1.165) is 41.6 Å². The highest BCUT2D eigenvalue weighted by atomic mass is 32.1. The molecule has 4 rings (SSSR count). The molecule has 1 aliphatic heterocycles. The number of nitrogens with zero attached hydrogens (tertiary/aromatic N) is 4. The standard InChI is InChI=1S/C20H23N5O2S/c1-14-22-16(13-28-14)12-26-18-6-4-3-5-15(18)7-8-19-23-20(24-27-19)17-11-21-9-10-25(17)2/h3-8,13,17,21H,9-12H2,1-2H3/b8-7+. The second-order valence-corrected chi connectivity index (χ2v) is 7.77. The van der Waals surface area contributed by atoms with Crippen LogP contribution in [0.15, 0.2) is 34.2 Å². The minimum atomic E-state index is 0.136. The summed E-state index contributed by atoms with van der Waals surface area (Å²) in [5.41, 5.74) is 1.89. The quantitative estimate of drug-likeness (QED) is 0.685. The first-order valence-corrected chi connectivity index (χ1v) is 10.1. The Morgan fingerprint density at radius 1 is 1.32 bits per heavy atom. The molecule has 1 unspecified atom stereocenters. The predicted molar refractivity (Wildman–Crippen MR) is 109 cm³/mol. The van der Waals surface area contributed by atoms with Crippen LogP contribution in [0.4, 0.5) is 0 Å². The van der Waals surface area contributed by atoms with Crippen LogP contribution in [0.25, 0.3) is 12.2 Å². The maximum absolute atomic E-state index is 5.95. The van der Waals surface area contributed by atoms with Gasteiger partial charge in [-0.1, -0.05) is 23.4 Å². The van der Waals surface area contributed by atoms with Gasteiger partial charge in [0, 0.05) is 36.7 Å². The summed E-state index contributed by atoms with van der Waals surface area (Å²) >= 11 is 1.62. The minimum absolute atomic E-state index is 0.136. The molecule has 0 spiro atoms. The molecule has 1 fully saturated rings. The van der Waals surface area contributed by atoms with E-state index in [-0.39, 0.29) is 6.04 Å². The second kappa shape index (κ2) is 8.64. The lowest BCUT2D eigenvalue weighted by Crippen LogP contribution is -2.44. The van der Waals surface area contributed by atoms with Crippen molar-refractivity contribution in [3.8, 4) is 5.75 Å². The highest BCUT2D eigenvalue weighted by Crippen LogP contribution is 2.23. The smallest absolute Gasteiger partial charge is 0.250 e. The van der Waals surface area contributed by atoms with Crippen LogP contribution in [0.3, 0.4) is 0 Å². The van der Waals surface area contributed by atoms with E-state index in [0.29, 0.717) is 18.3 Å². The Bertz CT molecular complexity index is 951. The molecule has 3 aromatic rings. The molecule has 2 aromatic heterocycles. The lowest BCUT2D eigenvalue weighted by atomic mass is 10.2. The summed E-state index contributed by atoms with van der Waals surface area (Å²) in [4.78, 5) is 11.2. The molecule has 0 radical (unpaired) electrons. The number of ether oxygens (including phenoxy) is 1. The fourth-order valence-electron chi connectivity index (χ4n) is 3.08. The number of hydrogen-bond donors (Lipinski definition) is 1. The third-order valence-corrected chi connectivity index (χ3v) is 5.46. The molecule has 1 atom stereocenters. The van der Waals surface area contributed by atoms with Crippen molar-refractivity contribution in [2.75, 3.05) is 26.7 Å². The van der Waals surface area contributed by atoms with Gasteiger partial charge in [0.1, 0.15) is 12.4 Å². The Labute approximate surface area is 168 Å². The normalized spacial score (nSPS) is 18.0. The van der Waals surface area contributed by atoms with Gasteiger partial charge in [-0.3, -0.25) is 4.90 Å². The van der Waals surface area contributed by atoms with Gasteiger partial charge in [0.2, 0.25) is 0 Å². The number of aryl methyl sites for hydroxylation is 1. The van der Waals surface area contributed by atoms with Gasteiger partial charge in [-0.25, -0.2) is 4.98 Å². The third kappa shape index (κ3) is 4.46. The fraction of sp³-hybridized carbons (Fsp3) is 0.350. The first kappa shape index (κ1) is 18.8. The number of nitrogens with one attached hydrogen (secondary N) is 1. The predicted octanol–water partition coefficient (Wildman–Crippen LogP) is 3.16. The van der Waals surface area contributed by atoms with Gasteiger partial charge in [0.15, 0.2) is 5.82 Å². The summed E-state index contributed by atoms with van der Waals surface area (Å²) in [6, 6.07) is 8.00. The Kier molecular flexibility index (Phi) is 5.80. The number of aromatic nitrogens is 3. The van der Waals surface area contributed by atoms with Crippen LogP contribution in [0.1, 0.15) is 34.0 Å². The van der Waals surface area contributed by atoms with Gasteiger partial charge in [-0.05, 0) is 26.1 Å². The van der Waals surface area contributed by atoms with Crippen molar-refractivity contribution in [1.82, 2.24) is 25.3 Å². The number of piperazine rings is 1. The molecule has 0 bridgehead atoms. The van der Waals surface area contributed by atoms with Crippen LogP contribution in [-0.4, -0.2) is 46.7 Å². The van der Waals surface area contributed by atoms with Crippen molar-refractivity contribution in [2.45, 2.75) is 19.6 Å². The molecular formula is C20H23N5O2S. The van der Waals surface area contributed by atoms with E-state index in [4.69, 9.17) is 9.26 Å². The van der Waals surface area contributed by atoms with E-state index in [1.165, 1.54) is 0 Å². The molecule has 0 aliphatic carbocycles. The zero-order valence-electron chi connectivity index (χ0n) is 16.0. The molecular weight excluding hydrogens is 374 g/mol. The van der Waals surface area contributed by atoms with Gasteiger partial charge >= 0.3 is 0 Å². The molecule has 1 saturated heterocycles. The van der Waals surface area contributed by atoms with Crippen molar-refractivity contribution in [3.63, 3.8) is 0 Å². The number of rotatable bonds is 6. The maximum Gasteiger partial charge on any atom is 0.250 e. The Hall–Kier alpha value is -2.55. The van der Waals surface area contributed by atoms with Gasteiger partial charge in [-0.2, -0.15) is 4.98 Å². The minimum Gasteiger partial charge on any atom is -0.487 e. The lowest BCUT2D eigenvalue weighted by Gasteiger charge is -2.30. The topological polar surface area (TPSA) is 76.3 Å². The van der Waals surface area contributed by atoms with Crippen molar-refractivity contribution in [3.05, 3.63) is 57.6 Å². The van der Waals surface area contributed by atoms with Gasteiger partial charge in [0.05, 0.1) is 16.7 Å². The lowest BCUT2D eigenvalue weighted by molar-refractivity contribution is 0.190. The highest BCUT2D eigenvalue weighted by Gasteiger charge is 2.24. The van der Waals surface area contributed by atoms with Gasteiger partial charge in [0.25, 0.3) is 5.89 Å². The highest BCUT2D eigenvalue weighted by molar-refractivity contribution is 7.09. The van der Waals surface area contributed by atoms with E-state index in [9.17, 15) is 0 Å². The average Bonchev–Trinajstić information content (AvgIpc) is 3.35. The third-order valence-electron chi connectivity index (χ3n) is 4.63. The number of likely N-dealkylation sites (N-methyl/N-ethyl adjacent to an activating group) is 1. The molecule has 1 aromatic carbocycles. The number of benzene rings is 1. The van der Waals surface area contributed by atoms with Gasteiger partial charge < -0.3 is 14.6 Å². The van der Waals surface area contributed by atoms with E-state index in [1.54, 1.807) is 11.3 Å². The zero-order chi connectivity index (χ0) is 19.3. The van der Waals surface area contributed by atoms with E-state index < -0.39 is 0 Å². The van der Waals surface area contributed by atoms with Crippen LogP contribution >= 0.6 is 11.3 Å². The van der Waals surface area contributed by atoms with Crippen LogP contribution in [0, 0.1) is 6.92 Å². The Balaban J connectivity index is 1.44. The number of thiazole rings is 1. The summed E-state index contributed by atoms with van der Waals surface area (Å²) in [6.45, 7) is 5.21. The first-order valence-electron chi connectivity index (χ1n) is 9.24. The zero-order valence-corrected chi connectivity index (χ0v) is 16.8. The number of para-hydroxylation sites is 1. The molecule has 0 saturated carbocycles. The van der Waals surface area contributed by atoms with Crippen LogP contribution in [0.2, 0.25) is 0 Å². The van der Waals surface area contributed by atoms with Crippen molar-refractivity contribution in [2.24, 2.45) is 0 Å². The summed E-state index contributed by atoms with van der Waals surface area (Å²) in [7, 11) is 2.08. The van der Waals surface area contributed by atoms with Gasteiger partial charge in [-0.15, -0.1) is 11.3 Å². The molecule has 0 amide bonds. The van der Waals surface area contributed by atoms with Crippen LogP contribution < -0.4 is 10.1 Å². The summed E-state index contributed by atoms with van der Waals surface area (Å²) < 4.78 is 11.4. The van der Waals surface area contributed by atoms with E-state index in [1.807, 2.05) is 48.7 Å². The van der Waals surface area contributed by atoms with E-state index in [2.05, 4.69) is 32.4 Å². The molecule has 7 nitrogen and oxygen atoms in total. The maximum atomic E-state index is 5.95. The Morgan fingerprint density at radius 3 is 3.04 bits per heavy atom. The molecule has 146 valence electrons. The van der Waals surface area contributed by atoms with Crippen LogP contribution in [-0.2, 0) is 6.61 Å². The molecule has 28 heavy (non-hydrogen) atoms. The van der Waals surface area contributed by atoms with Crippen molar-refractivity contribution >= 4 is 23.5 Å². The van der Waals surface area contributed by atoms with Crippen molar-refractivity contribution in [1.29, 1.82) is 0 Å². The molecule has 3 heterocycles. The van der Waals surface area contributed by atoms with Crippen molar-refractivity contribution < 1.29 is 9.26 Å². The number of hydrogen-bond acceptors (Lipinski definition) is 8.